The van der Waals surface area contributed by atoms with Gasteiger partial charge in [0.15, 0.2) is 0 Å². The molecule has 1 atom stereocenters. The van der Waals surface area contributed by atoms with Gasteiger partial charge in [0.1, 0.15) is 17.3 Å². The predicted octanol–water partition coefficient (Wildman–Crippen LogP) is 4.07. The van der Waals surface area contributed by atoms with Gasteiger partial charge in [0, 0.05) is 31.0 Å². The average Bonchev–Trinajstić information content (AvgIpc) is 3.46. The molecule has 0 radical (unpaired) electrons. The van der Waals surface area contributed by atoms with Crippen molar-refractivity contribution in [2.45, 2.75) is 19.0 Å². The topological polar surface area (TPSA) is 93.9 Å². The molecule has 0 spiro atoms. The molecule has 3 aromatic rings. The Kier molecular flexibility index (Phi) is 6.88. The first kappa shape index (κ1) is 23.4. The molecule has 1 aromatic heterocycles. The smallest absolute Gasteiger partial charge is 0.295 e. The van der Waals surface area contributed by atoms with Gasteiger partial charge in [0.25, 0.3) is 11.7 Å². The molecule has 1 saturated heterocycles. The number of ether oxygens (including phenoxy) is 2. The molecular weight excluding hydrogens is 458 g/mol. The SMILES string of the molecule is COc1cccc([C@H]2/C(=C(\O)c3ccc(OC)c(Cl)c3)C(=O)C(=O)N2CCCn2ccnc2)c1. The van der Waals surface area contributed by atoms with E-state index in [2.05, 4.69) is 4.98 Å². The number of carbonyl (C=O) groups is 2. The number of aromatic nitrogens is 2. The van der Waals surface area contributed by atoms with Crippen molar-refractivity contribution in [1.29, 1.82) is 0 Å². The summed E-state index contributed by atoms with van der Waals surface area (Å²) in [6.07, 6.45) is 5.81. The zero-order chi connectivity index (χ0) is 24.2. The summed E-state index contributed by atoms with van der Waals surface area (Å²) in [6, 6.07) is 11.0. The highest BCUT2D eigenvalue weighted by molar-refractivity contribution is 6.46. The monoisotopic (exact) mass is 481 g/mol. The molecule has 1 amide bonds. The van der Waals surface area contributed by atoms with E-state index in [1.807, 2.05) is 10.8 Å². The number of hydrogen-bond donors (Lipinski definition) is 1. The number of likely N-dealkylation sites (tertiary alicyclic amines) is 1. The molecule has 1 fully saturated rings. The number of imidazole rings is 1. The van der Waals surface area contributed by atoms with Crippen molar-refractivity contribution in [3.63, 3.8) is 0 Å². The molecule has 2 heterocycles. The number of methoxy groups -OCH3 is 2. The number of Topliss-reactive ketones (excluding diaryl/α,β-unsaturated/α-hetero) is 1. The molecule has 1 N–H and O–H groups in total. The maximum atomic E-state index is 13.2. The van der Waals surface area contributed by atoms with Crippen molar-refractivity contribution in [3.8, 4) is 11.5 Å². The molecular formula is C25H24ClN3O5. The summed E-state index contributed by atoms with van der Waals surface area (Å²) in [7, 11) is 3.03. The minimum absolute atomic E-state index is 0.00196. The normalized spacial score (nSPS) is 17.3. The fraction of sp³-hybridized carbons (Fsp3) is 0.240. The summed E-state index contributed by atoms with van der Waals surface area (Å²) in [4.78, 5) is 31.8. The Morgan fingerprint density at radius 1 is 1.12 bits per heavy atom. The van der Waals surface area contributed by atoms with Gasteiger partial charge in [0.05, 0.1) is 37.2 Å². The van der Waals surface area contributed by atoms with Crippen LogP contribution in [0.2, 0.25) is 5.02 Å². The van der Waals surface area contributed by atoms with E-state index in [-0.39, 0.29) is 16.4 Å². The highest BCUT2D eigenvalue weighted by Crippen LogP contribution is 2.41. The lowest BCUT2D eigenvalue weighted by Gasteiger charge is -2.25. The number of carbonyl (C=O) groups excluding carboxylic acids is 2. The second kappa shape index (κ2) is 10.0. The average molecular weight is 482 g/mol. The Morgan fingerprint density at radius 3 is 2.62 bits per heavy atom. The van der Waals surface area contributed by atoms with Crippen LogP contribution in [0.1, 0.15) is 23.6 Å². The van der Waals surface area contributed by atoms with E-state index < -0.39 is 17.7 Å². The predicted molar refractivity (Wildman–Crippen MR) is 127 cm³/mol. The van der Waals surface area contributed by atoms with Crippen LogP contribution in [0.25, 0.3) is 5.76 Å². The Labute approximate surface area is 202 Å². The van der Waals surface area contributed by atoms with Crippen LogP contribution < -0.4 is 9.47 Å². The molecule has 2 aromatic carbocycles. The molecule has 34 heavy (non-hydrogen) atoms. The number of aliphatic hydroxyl groups excluding tert-OH is 1. The van der Waals surface area contributed by atoms with Gasteiger partial charge in [-0.1, -0.05) is 23.7 Å². The number of benzene rings is 2. The van der Waals surface area contributed by atoms with E-state index in [1.54, 1.807) is 56.0 Å². The zero-order valence-electron chi connectivity index (χ0n) is 18.8. The van der Waals surface area contributed by atoms with Crippen molar-refractivity contribution >= 4 is 29.1 Å². The van der Waals surface area contributed by atoms with Crippen LogP contribution in [0.15, 0.2) is 66.8 Å². The molecule has 0 saturated carbocycles. The third-order valence-electron chi connectivity index (χ3n) is 5.75. The summed E-state index contributed by atoms with van der Waals surface area (Å²) >= 11 is 6.24. The zero-order valence-corrected chi connectivity index (χ0v) is 19.5. The van der Waals surface area contributed by atoms with Crippen LogP contribution in [-0.2, 0) is 16.1 Å². The van der Waals surface area contributed by atoms with E-state index >= 15 is 0 Å². The Balaban J connectivity index is 1.76. The Morgan fingerprint density at radius 2 is 1.94 bits per heavy atom. The van der Waals surface area contributed by atoms with E-state index in [1.165, 1.54) is 18.1 Å². The van der Waals surface area contributed by atoms with Gasteiger partial charge in [-0.2, -0.15) is 0 Å². The molecule has 176 valence electrons. The first-order valence-corrected chi connectivity index (χ1v) is 11.0. The maximum absolute atomic E-state index is 13.2. The van der Waals surface area contributed by atoms with Crippen LogP contribution in [0, 0.1) is 0 Å². The van der Waals surface area contributed by atoms with E-state index in [9.17, 15) is 14.7 Å². The number of aryl methyl sites for hydroxylation is 1. The van der Waals surface area contributed by atoms with E-state index in [4.69, 9.17) is 21.1 Å². The lowest BCUT2D eigenvalue weighted by Crippen LogP contribution is -2.31. The van der Waals surface area contributed by atoms with Crippen molar-refractivity contribution in [2.24, 2.45) is 0 Å². The van der Waals surface area contributed by atoms with Gasteiger partial charge in [-0.25, -0.2) is 4.98 Å². The number of rotatable bonds is 8. The molecule has 0 aliphatic carbocycles. The molecule has 0 bridgehead atoms. The second-order valence-corrected chi connectivity index (χ2v) is 8.18. The van der Waals surface area contributed by atoms with E-state index in [0.717, 1.165) is 0 Å². The summed E-state index contributed by atoms with van der Waals surface area (Å²) in [6.45, 7) is 0.937. The molecule has 0 unspecified atom stereocenters. The third kappa shape index (κ3) is 4.49. The van der Waals surface area contributed by atoms with Gasteiger partial charge in [0.2, 0.25) is 0 Å². The van der Waals surface area contributed by atoms with Crippen LogP contribution in [0.3, 0.4) is 0 Å². The summed E-state index contributed by atoms with van der Waals surface area (Å²) in [5, 5.41) is 11.5. The fourth-order valence-corrected chi connectivity index (χ4v) is 4.34. The largest absolute Gasteiger partial charge is 0.507 e. The molecule has 1 aliphatic heterocycles. The highest BCUT2D eigenvalue weighted by atomic mass is 35.5. The number of ketones is 1. The Bertz CT molecular complexity index is 1240. The summed E-state index contributed by atoms with van der Waals surface area (Å²) in [5.74, 6) is -0.705. The van der Waals surface area contributed by atoms with Gasteiger partial charge >= 0.3 is 0 Å². The summed E-state index contributed by atoms with van der Waals surface area (Å²) < 4.78 is 12.4. The van der Waals surface area contributed by atoms with Crippen molar-refractivity contribution in [2.75, 3.05) is 20.8 Å². The fourth-order valence-electron chi connectivity index (χ4n) is 4.08. The van der Waals surface area contributed by atoms with Gasteiger partial charge in [-0.3, -0.25) is 9.59 Å². The molecule has 9 heteroatoms. The number of hydrogen-bond acceptors (Lipinski definition) is 6. The van der Waals surface area contributed by atoms with Gasteiger partial charge in [-0.05, 0) is 42.3 Å². The minimum atomic E-state index is -0.779. The van der Waals surface area contributed by atoms with Gasteiger partial charge < -0.3 is 24.0 Å². The third-order valence-corrected chi connectivity index (χ3v) is 6.04. The van der Waals surface area contributed by atoms with Gasteiger partial charge in [-0.15, -0.1) is 0 Å². The molecule has 1 aliphatic rings. The molecule has 8 nitrogen and oxygen atoms in total. The quantitative estimate of drug-likeness (QED) is 0.296. The number of nitrogens with zero attached hydrogens (tertiary/aromatic N) is 3. The number of halogens is 1. The van der Waals surface area contributed by atoms with E-state index in [0.29, 0.717) is 42.1 Å². The summed E-state index contributed by atoms with van der Waals surface area (Å²) in [5.41, 5.74) is 0.972. The standard InChI is InChI=1S/C25H24ClN3O5/c1-33-18-6-3-5-16(13-18)22-21(23(30)17-7-8-20(34-2)19(26)14-17)24(31)25(32)29(22)11-4-10-28-12-9-27-15-28/h3,5-9,12-15,22,30H,4,10-11H2,1-2H3/b23-21+/t22-/m0/s1. The number of aliphatic hydroxyl groups is 1. The van der Waals surface area contributed by atoms with Crippen LogP contribution >= 0.6 is 11.6 Å². The van der Waals surface area contributed by atoms with Crippen LogP contribution in [0.4, 0.5) is 0 Å². The first-order chi connectivity index (χ1) is 16.4. The lowest BCUT2D eigenvalue weighted by molar-refractivity contribution is -0.139. The number of amides is 1. The second-order valence-electron chi connectivity index (χ2n) is 7.77. The molecule has 4 rings (SSSR count). The minimum Gasteiger partial charge on any atom is -0.507 e. The first-order valence-electron chi connectivity index (χ1n) is 10.7. The lowest BCUT2D eigenvalue weighted by atomic mass is 9.95. The highest BCUT2D eigenvalue weighted by Gasteiger charge is 2.45. The van der Waals surface area contributed by atoms with Crippen LogP contribution in [0.5, 0.6) is 11.5 Å². The van der Waals surface area contributed by atoms with Crippen molar-refractivity contribution in [1.82, 2.24) is 14.5 Å². The Hall–Kier alpha value is -3.78. The van der Waals surface area contributed by atoms with Crippen molar-refractivity contribution < 1.29 is 24.2 Å². The van der Waals surface area contributed by atoms with Crippen molar-refractivity contribution in [3.05, 3.63) is 82.9 Å². The van der Waals surface area contributed by atoms with Crippen LogP contribution in [-0.4, -0.2) is 52.0 Å². The maximum Gasteiger partial charge on any atom is 0.295 e.